The molecule has 0 bridgehead atoms. The van der Waals surface area contributed by atoms with Crippen molar-refractivity contribution in [2.45, 2.75) is 25.5 Å². The molecular formula is C8H13NO2. The van der Waals surface area contributed by atoms with E-state index in [-0.39, 0.29) is 17.9 Å². The molecule has 0 aromatic carbocycles. The van der Waals surface area contributed by atoms with Crippen molar-refractivity contribution >= 4 is 5.78 Å². The van der Waals surface area contributed by atoms with E-state index < -0.39 is 0 Å². The lowest BCUT2D eigenvalue weighted by molar-refractivity contribution is -0.121. The minimum Gasteiger partial charge on any atom is -0.368 e. The highest BCUT2D eigenvalue weighted by atomic mass is 16.5. The summed E-state index contributed by atoms with van der Waals surface area (Å²) in [6.07, 6.45) is 1.24. The Bertz CT molecular complexity index is 181. The molecule has 0 aliphatic carbocycles. The highest BCUT2D eigenvalue weighted by Crippen LogP contribution is 2.25. The Hall–Kier alpha value is -0.410. The van der Waals surface area contributed by atoms with Gasteiger partial charge in [0.15, 0.2) is 5.78 Å². The lowest BCUT2D eigenvalue weighted by atomic mass is 10.1. The van der Waals surface area contributed by atoms with Gasteiger partial charge in [-0.2, -0.15) is 0 Å². The molecule has 3 nitrogen and oxygen atoms in total. The smallest absolute Gasteiger partial charge is 0.178 e. The summed E-state index contributed by atoms with van der Waals surface area (Å²) in [5.41, 5.74) is 0. The Kier molecular flexibility index (Phi) is 1.69. The Morgan fingerprint density at radius 2 is 2.55 bits per heavy atom. The van der Waals surface area contributed by atoms with Gasteiger partial charge in [-0.15, -0.1) is 0 Å². The summed E-state index contributed by atoms with van der Waals surface area (Å²) in [5, 5.41) is 0. The van der Waals surface area contributed by atoms with Crippen LogP contribution in [0.2, 0.25) is 0 Å². The van der Waals surface area contributed by atoms with Gasteiger partial charge in [-0.05, 0) is 13.0 Å². The fourth-order valence-electron chi connectivity index (χ4n) is 2.04. The van der Waals surface area contributed by atoms with Crippen molar-refractivity contribution in [2.24, 2.45) is 0 Å². The summed E-state index contributed by atoms with van der Waals surface area (Å²) in [7, 11) is 0. The first-order valence-electron chi connectivity index (χ1n) is 4.21. The van der Waals surface area contributed by atoms with Gasteiger partial charge in [0, 0.05) is 6.54 Å². The first kappa shape index (κ1) is 7.25. The number of Topliss-reactive ketones (excluding diaryl/α,β-unsaturated/α-hetero) is 1. The summed E-state index contributed by atoms with van der Waals surface area (Å²) >= 11 is 0. The molecule has 0 N–H and O–H groups in total. The maximum Gasteiger partial charge on any atom is 0.178 e. The number of fused-ring (bicyclic) bond motifs is 1. The quantitative estimate of drug-likeness (QED) is 0.536. The fraction of sp³-hybridized carbons (Fsp3) is 0.875. The van der Waals surface area contributed by atoms with Crippen molar-refractivity contribution < 1.29 is 9.53 Å². The molecule has 0 aromatic rings. The third-order valence-corrected chi connectivity index (χ3v) is 2.62. The lowest BCUT2D eigenvalue weighted by Crippen LogP contribution is -2.37. The normalized spacial score (nSPS) is 38.1. The minimum absolute atomic E-state index is 0.0972. The number of ketones is 1. The molecular weight excluding hydrogens is 142 g/mol. The molecule has 2 rings (SSSR count). The summed E-state index contributed by atoms with van der Waals surface area (Å²) in [5.74, 6) is 0.273. The first-order valence-corrected chi connectivity index (χ1v) is 4.21. The van der Waals surface area contributed by atoms with E-state index in [1.54, 1.807) is 0 Å². The number of hydrogen-bond donors (Lipinski definition) is 0. The van der Waals surface area contributed by atoms with Crippen molar-refractivity contribution in [1.82, 2.24) is 4.90 Å². The molecule has 2 aliphatic heterocycles. The Morgan fingerprint density at radius 1 is 1.73 bits per heavy atom. The summed E-state index contributed by atoms with van der Waals surface area (Å²) in [6, 6.07) is 0.0972. The second-order valence-corrected chi connectivity index (χ2v) is 3.18. The van der Waals surface area contributed by atoms with Gasteiger partial charge in [-0.1, -0.05) is 6.92 Å². The van der Waals surface area contributed by atoms with E-state index in [1.807, 2.05) is 0 Å². The highest BCUT2D eigenvalue weighted by Gasteiger charge is 2.43. The van der Waals surface area contributed by atoms with Gasteiger partial charge in [0.05, 0.1) is 12.1 Å². The van der Waals surface area contributed by atoms with Gasteiger partial charge >= 0.3 is 0 Å². The van der Waals surface area contributed by atoms with Gasteiger partial charge in [0.25, 0.3) is 0 Å². The van der Waals surface area contributed by atoms with E-state index in [1.165, 1.54) is 0 Å². The first-order chi connectivity index (χ1) is 5.33. The summed E-state index contributed by atoms with van der Waals surface area (Å²) in [4.78, 5) is 13.5. The average molecular weight is 155 g/mol. The molecule has 0 amide bonds. The number of likely N-dealkylation sites (tertiary alicyclic amines) is 1. The van der Waals surface area contributed by atoms with Gasteiger partial charge in [0.1, 0.15) is 6.61 Å². The molecule has 0 saturated carbocycles. The van der Waals surface area contributed by atoms with Gasteiger partial charge in [-0.25, -0.2) is 0 Å². The maximum atomic E-state index is 11.3. The number of nitrogens with zero attached hydrogens (tertiary/aromatic N) is 1. The standard InChI is InChI=1S/C8H13NO2/c1-2-9-4-3-7-8(9)6(10)5-11-7/h7-8H,2-5H2,1H3/t7-,8-/m1/s1. The van der Waals surface area contributed by atoms with E-state index in [0.29, 0.717) is 6.61 Å². The van der Waals surface area contributed by atoms with Crippen LogP contribution < -0.4 is 0 Å². The number of carbonyl (C=O) groups is 1. The molecule has 0 radical (unpaired) electrons. The second kappa shape index (κ2) is 2.57. The number of hydrogen-bond acceptors (Lipinski definition) is 3. The van der Waals surface area contributed by atoms with Crippen molar-refractivity contribution in [3.8, 4) is 0 Å². The van der Waals surface area contributed by atoms with Crippen LogP contribution in [0.4, 0.5) is 0 Å². The van der Waals surface area contributed by atoms with Crippen LogP contribution in [0, 0.1) is 0 Å². The predicted octanol–water partition coefficient (Wildman–Crippen LogP) is 0.0485. The molecule has 2 aliphatic rings. The molecule has 0 unspecified atom stereocenters. The predicted molar refractivity (Wildman–Crippen MR) is 40.4 cm³/mol. The van der Waals surface area contributed by atoms with Gasteiger partial charge in [-0.3, -0.25) is 9.69 Å². The number of rotatable bonds is 1. The molecule has 11 heavy (non-hydrogen) atoms. The zero-order chi connectivity index (χ0) is 7.84. The average Bonchev–Trinajstić information content (AvgIpc) is 2.54. The second-order valence-electron chi connectivity index (χ2n) is 3.18. The molecule has 2 heterocycles. The van der Waals surface area contributed by atoms with Crippen LogP contribution in [0.15, 0.2) is 0 Å². The van der Waals surface area contributed by atoms with Crippen molar-refractivity contribution in [3.63, 3.8) is 0 Å². The van der Waals surface area contributed by atoms with E-state index in [0.717, 1.165) is 19.5 Å². The van der Waals surface area contributed by atoms with Crippen LogP contribution in [0.1, 0.15) is 13.3 Å². The van der Waals surface area contributed by atoms with Gasteiger partial charge in [0.2, 0.25) is 0 Å². The summed E-state index contributed by atoms with van der Waals surface area (Å²) in [6.45, 7) is 4.42. The monoisotopic (exact) mass is 155 g/mol. The Labute approximate surface area is 66.3 Å². The zero-order valence-electron chi connectivity index (χ0n) is 6.75. The van der Waals surface area contributed by atoms with Gasteiger partial charge < -0.3 is 4.74 Å². The van der Waals surface area contributed by atoms with Crippen molar-refractivity contribution in [3.05, 3.63) is 0 Å². The summed E-state index contributed by atoms with van der Waals surface area (Å²) < 4.78 is 5.33. The molecule has 2 atom stereocenters. The lowest BCUT2D eigenvalue weighted by Gasteiger charge is -2.18. The molecule has 2 fully saturated rings. The maximum absolute atomic E-state index is 11.3. The van der Waals surface area contributed by atoms with Crippen LogP contribution in [0.3, 0.4) is 0 Å². The molecule has 0 spiro atoms. The molecule has 62 valence electrons. The largest absolute Gasteiger partial charge is 0.368 e. The molecule has 0 aromatic heterocycles. The Balaban J connectivity index is 2.13. The van der Waals surface area contributed by atoms with Crippen LogP contribution >= 0.6 is 0 Å². The topological polar surface area (TPSA) is 29.5 Å². The Morgan fingerprint density at radius 3 is 3.27 bits per heavy atom. The zero-order valence-corrected chi connectivity index (χ0v) is 6.75. The van der Waals surface area contributed by atoms with Crippen LogP contribution in [-0.2, 0) is 9.53 Å². The van der Waals surface area contributed by atoms with E-state index in [4.69, 9.17) is 4.74 Å². The van der Waals surface area contributed by atoms with E-state index >= 15 is 0 Å². The molecule has 3 heteroatoms. The number of carbonyl (C=O) groups excluding carboxylic acids is 1. The fourth-order valence-corrected chi connectivity index (χ4v) is 2.04. The third-order valence-electron chi connectivity index (χ3n) is 2.62. The number of likely N-dealkylation sites (N-methyl/N-ethyl adjacent to an activating group) is 1. The SMILES string of the molecule is CCN1CC[C@H]2OCC(=O)[C@H]21. The van der Waals surface area contributed by atoms with Crippen LogP contribution in [-0.4, -0.2) is 42.5 Å². The van der Waals surface area contributed by atoms with Crippen molar-refractivity contribution in [1.29, 1.82) is 0 Å². The van der Waals surface area contributed by atoms with Crippen LogP contribution in [0.25, 0.3) is 0 Å². The number of ether oxygens (including phenoxy) is 1. The van der Waals surface area contributed by atoms with Crippen LogP contribution in [0.5, 0.6) is 0 Å². The molecule has 2 saturated heterocycles. The third kappa shape index (κ3) is 0.993. The minimum atomic E-state index is 0.0972. The highest BCUT2D eigenvalue weighted by molar-refractivity contribution is 5.88. The van der Waals surface area contributed by atoms with Crippen molar-refractivity contribution in [2.75, 3.05) is 19.7 Å². The van der Waals surface area contributed by atoms with E-state index in [2.05, 4.69) is 11.8 Å². The van der Waals surface area contributed by atoms with E-state index in [9.17, 15) is 4.79 Å².